The minimum Gasteiger partial charge on any atom is -0.508 e. The number of hydrogen-bond acceptors (Lipinski definition) is 6. The molecule has 158 valence electrons. The van der Waals surface area contributed by atoms with E-state index in [1.807, 2.05) is 18.2 Å². The van der Waals surface area contributed by atoms with E-state index < -0.39 is 17.9 Å². The Hall–Kier alpha value is -3.45. The number of nitrogens with one attached hydrogen (secondary N) is 1. The standard InChI is InChI=1S/C24H23N3O4/c1-3-27(4-2)11-10-13-6-5-7-17-21(13)31-22-19-18(23(29)26-24(19)30)16-12-14(28)8-9-15(16)20(22)25-17/h5-9,12,22,28H,3-4,10-11H2,1-2H3,(H,26,29,30). The fraction of sp³-hybridized carbons (Fsp3) is 0.292. The molecule has 1 aliphatic carbocycles. The zero-order valence-corrected chi connectivity index (χ0v) is 17.4. The summed E-state index contributed by atoms with van der Waals surface area (Å²) in [6.07, 6.45) is 0.0322. The second kappa shape index (κ2) is 7.35. The van der Waals surface area contributed by atoms with Gasteiger partial charge in [0, 0.05) is 17.7 Å². The van der Waals surface area contributed by atoms with E-state index in [1.165, 1.54) is 6.07 Å². The van der Waals surface area contributed by atoms with Gasteiger partial charge in [-0.25, -0.2) is 4.99 Å². The average Bonchev–Trinajstić information content (AvgIpc) is 3.07. The maximum atomic E-state index is 12.7. The molecule has 0 fully saturated rings. The van der Waals surface area contributed by atoms with Gasteiger partial charge in [-0.3, -0.25) is 14.9 Å². The number of amides is 2. The number of phenols is 1. The topological polar surface area (TPSA) is 91.2 Å². The van der Waals surface area contributed by atoms with E-state index >= 15 is 0 Å². The Morgan fingerprint density at radius 3 is 2.68 bits per heavy atom. The molecule has 2 aromatic rings. The first kappa shape index (κ1) is 19.5. The van der Waals surface area contributed by atoms with Crippen molar-refractivity contribution in [3.8, 4) is 11.5 Å². The number of benzene rings is 2. The monoisotopic (exact) mass is 417 g/mol. The summed E-state index contributed by atoms with van der Waals surface area (Å²) in [4.78, 5) is 32.4. The Morgan fingerprint density at radius 1 is 1.10 bits per heavy atom. The van der Waals surface area contributed by atoms with Crippen molar-refractivity contribution in [2.75, 3.05) is 19.6 Å². The van der Waals surface area contributed by atoms with Crippen LogP contribution in [0.25, 0.3) is 5.57 Å². The molecule has 2 heterocycles. The zero-order chi connectivity index (χ0) is 21.7. The van der Waals surface area contributed by atoms with Crippen LogP contribution in [0.5, 0.6) is 11.5 Å². The van der Waals surface area contributed by atoms with E-state index in [0.29, 0.717) is 28.3 Å². The molecule has 0 spiro atoms. The molecular weight excluding hydrogens is 394 g/mol. The number of likely N-dealkylation sites (N-methyl/N-ethyl adjacent to an activating group) is 1. The number of aromatic hydroxyl groups is 1. The lowest BCUT2D eigenvalue weighted by atomic mass is 9.82. The molecular formula is C24H23N3O4. The summed E-state index contributed by atoms with van der Waals surface area (Å²) >= 11 is 0. The SMILES string of the molecule is CCN(CC)CCc1cccc2c1OC1C(=N2)c2ccc(O)cc2C2=C1C(=O)NC2=O. The van der Waals surface area contributed by atoms with Gasteiger partial charge in [0.1, 0.15) is 17.2 Å². The molecule has 5 rings (SSSR count). The fourth-order valence-corrected chi connectivity index (χ4v) is 4.52. The van der Waals surface area contributed by atoms with Crippen molar-refractivity contribution in [1.82, 2.24) is 10.2 Å². The van der Waals surface area contributed by atoms with E-state index in [0.717, 1.165) is 31.6 Å². The second-order valence-electron chi connectivity index (χ2n) is 7.84. The van der Waals surface area contributed by atoms with E-state index in [4.69, 9.17) is 9.73 Å². The van der Waals surface area contributed by atoms with Gasteiger partial charge in [0.2, 0.25) is 0 Å². The third-order valence-electron chi connectivity index (χ3n) is 6.17. The van der Waals surface area contributed by atoms with Gasteiger partial charge in [0.25, 0.3) is 11.8 Å². The van der Waals surface area contributed by atoms with Gasteiger partial charge in [-0.05, 0) is 49.3 Å². The average molecular weight is 417 g/mol. The van der Waals surface area contributed by atoms with Crippen molar-refractivity contribution < 1.29 is 19.4 Å². The van der Waals surface area contributed by atoms with Crippen LogP contribution in [-0.2, 0) is 16.0 Å². The molecule has 0 aromatic heterocycles. The molecule has 7 heteroatoms. The highest BCUT2D eigenvalue weighted by Crippen LogP contribution is 2.44. The van der Waals surface area contributed by atoms with Crippen molar-refractivity contribution in [2.45, 2.75) is 26.4 Å². The highest BCUT2D eigenvalue weighted by molar-refractivity contribution is 6.41. The Bertz CT molecular complexity index is 1180. The highest BCUT2D eigenvalue weighted by Gasteiger charge is 2.46. The number of imide groups is 1. The molecule has 1 atom stereocenters. The van der Waals surface area contributed by atoms with Gasteiger partial charge in [0.15, 0.2) is 6.10 Å². The lowest BCUT2D eigenvalue weighted by molar-refractivity contribution is -0.123. The first-order valence-electron chi connectivity index (χ1n) is 10.5. The third-order valence-corrected chi connectivity index (χ3v) is 6.17. The van der Waals surface area contributed by atoms with E-state index in [9.17, 15) is 14.7 Å². The van der Waals surface area contributed by atoms with Crippen molar-refractivity contribution >= 4 is 28.8 Å². The first-order chi connectivity index (χ1) is 15.0. The molecule has 7 nitrogen and oxygen atoms in total. The summed E-state index contributed by atoms with van der Waals surface area (Å²) < 4.78 is 6.40. The molecule has 3 aliphatic rings. The van der Waals surface area contributed by atoms with Gasteiger partial charge in [-0.2, -0.15) is 0 Å². The number of hydrogen-bond donors (Lipinski definition) is 2. The number of carbonyl (C=O) groups is 2. The molecule has 31 heavy (non-hydrogen) atoms. The third kappa shape index (κ3) is 3.04. The molecule has 0 bridgehead atoms. The summed E-state index contributed by atoms with van der Waals surface area (Å²) in [5.41, 5.74) is 4.00. The fourth-order valence-electron chi connectivity index (χ4n) is 4.52. The number of phenolic OH excluding ortho intramolecular Hbond substituents is 1. The number of ether oxygens (including phenoxy) is 1. The molecule has 0 saturated heterocycles. The summed E-state index contributed by atoms with van der Waals surface area (Å²) in [5.74, 6) is -0.275. The van der Waals surface area contributed by atoms with Crippen LogP contribution in [0.4, 0.5) is 5.69 Å². The van der Waals surface area contributed by atoms with Crippen LogP contribution in [-0.4, -0.2) is 53.3 Å². The number of nitrogens with zero attached hydrogens (tertiary/aromatic N) is 2. The summed E-state index contributed by atoms with van der Waals surface area (Å²) in [7, 11) is 0. The minimum atomic E-state index is -0.763. The van der Waals surface area contributed by atoms with Crippen LogP contribution in [0.3, 0.4) is 0 Å². The lowest BCUT2D eigenvalue weighted by Crippen LogP contribution is -2.39. The number of carbonyl (C=O) groups excluding carboxylic acids is 2. The van der Waals surface area contributed by atoms with Crippen LogP contribution < -0.4 is 10.1 Å². The van der Waals surface area contributed by atoms with E-state index in [-0.39, 0.29) is 16.9 Å². The van der Waals surface area contributed by atoms with Crippen LogP contribution in [0.15, 0.2) is 47.0 Å². The molecule has 0 radical (unpaired) electrons. The molecule has 2 aliphatic heterocycles. The number of aliphatic imine (C=N–C) groups is 1. The van der Waals surface area contributed by atoms with Crippen molar-refractivity contribution in [3.05, 3.63) is 58.7 Å². The van der Waals surface area contributed by atoms with Gasteiger partial charge < -0.3 is 14.7 Å². The van der Waals surface area contributed by atoms with Gasteiger partial charge in [-0.15, -0.1) is 0 Å². The normalized spacial score (nSPS) is 18.7. The quantitative estimate of drug-likeness (QED) is 0.730. The van der Waals surface area contributed by atoms with Gasteiger partial charge in [-0.1, -0.05) is 26.0 Å². The van der Waals surface area contributed by atoms with Crippen LogP contribution in [0.2, 0.25) is 0 Å². The largest absolute Gasteiger partial charge is 0.508 e. The Kier molecular flexibility index (Phi) is 4.63. The maximum absolute atomic E-state index is 12.7. The molecule has 0 saturated carbocycles. The minimum absolute atomic E-state index is 0.0209. The Labute approximate surface area is 180 Å². The summed E-state index contributed by atoms with van der Waals surface area (Å²) in [6, 6.07) is 10.6. The number of rotatable bonds is 5. The summed E-state index contributed by atoms with van der Waals surface area (Å²) in [6.45, 7) is 7.11. The van der Waals surface area contributed by atoms with Crippen molar-refractivity contribution in [2.24, 2.45) is 4.99 Å². The van der Waals surface area contributed by atoms with Crippen LogP contribution >= 0.6 is 0 Å². The predicted molar refractivity (Wildman–Crippen MR) is 117 cm³/mol. The van der Waals surface area contributed by atoms with Gasteiger partial charge in [0.05, 0.1) is 16.9 Å². The molecule has 2 amide bonds. The maximum Gasteiger partial charge on any atom is 0.259 e. The first-order valence-corrected chi connectivity index (χ1v) is 10.5. The highest BCUT2D eigenvalue weighted by atomic mass is 16.5. The zero-order valence-electron chi connectivity index (χ0n) is 17.4. The predicted octanol–water partition coefficient (Wildman–Crippen LogP) is 2.58. The smallest absolute Gasteiger partial charge is 0.259 e. The van der Waals surface area contributed by atoms with Crippen LogP contribution in [0, 0.1) is 0 Å². The lowest BCUT2D eigenvalue weighted by Gasteiger charge is -2.32. The number of fused-ring (bicyclic) bond motifs is 6. The van der Waals surface area contributed by atoms with E-state index in [1.54, 1.807) is 12.1 Å². The van der Waals surface area contributed by atoms with Crippen molar-refractivity contribution in [1.29, 1.82) is 0 Å². The van der Waals surface area contributed by atoms with Crippen molar-refractivity contribution in [3.63, 3.8) is 0 Å². The van der Waals surface area contributed by atoms with Crippen LogP contribution in [0.1, 0.15) is 30.5 Å². The molecule has 2 aromatic carbocycles. The molecule has 2 N–H and O–H groups in total. The Balaban J connectivity index is 1.63. The molecule has 1 unspecified atom stereocenters. The second-order valence-corrected chi connectivity index (χ2v) is 7.84. The van der Waals surface area contributed by atoms with Gasteiger partial charge >= 0.3 is 0 Å². The number of para-hydroxylation sites is 1. The summed E-state index contributed by atoms with van der Waals surface area (Å²) in [5, 5.41) is 12.4. The Morgan fingerprint density at radius 2 is 1.90 bits per heavy atom. The van der Waals surface area contributed by atoms with E-state index in [2.05, 4.69) is 24.1 Å².